The second kappa shape index (κ2) is 5.59. The Bertz CT molecular complexity index is 831. The topological polar surface area (TPSA) is 116 Å². The van der Waals surface area contributed by atoms with Crippen molar-refractivity contribution in [1.82, 2.24) is 5.32 Å². The normalized spacial score (nSPS) is 32.4. The van der Waals surface area contributed by atoms with Gasteiger partial charge in [0, 0.05) is 19.9 Å². The molecule has 0 spiro atoms. The van der Waals surface area contributed by atoms with Crippen molar-refractivity contribution in [3.05, 3.63) is 47.7 Å². The molecule has 7 nitrogen and oxygen atoms in total. The summed E-state index contributed by atoms with van der Waals surface area (Å²) in [5.41, 5.74) is 4.74. The summed E-state index contributed by atoms with van der Waals surface area (Å²) in [4.78, 5) is 4.32. The van der Waals surface area contributed by atoms with Gasteiger partial charge in [-0.1, -0.05) is 30.3 Å². The van der Waals surface area contributed by atoms with Gasteiger partial charge in [0.1, 0.15) is 5.84 Å². The number of ether oxygens (including phenoxy) is 2. The molecule has 25 heavy (non-hydrogen) atoms. The lowest BCUT2D eigenvalue weighted by Gasteiger charge is -2.48. The average Bonchev–Trinajstić information content (AvgIpc) is 2.87. The molecule has 1 aromatic rings. The average molecular weight is 337 g/mol. The van der Waals surface area contributed by atoms with Gasteiger partial charge in [0.25, 0.3) is 5.91 Å². The first-order valence-corrected chi connectivity index (χ1v) is 7.76. The molecule has 0 aromatic heterocycles. The first-order valence-electron chi connectivity index (χ1n) is 7.76. The number of nitriles is 2. The number of aliphatic imine (C=N–C) groups is 1. The van der Waals surface area contributed by atoms with Crippen LogP contribution in [0.15, 0.2) is 47.1 Å². The number of methoxy groups -OCH3 is 2. The minimum absolute atomic E-state index is 0.00496. The summed E-state index contributed by atoms with van der Waals surface area (Å²) < 4.78 is 11.0. The number of benzene rings is 1. The highest BCUT2D eigenvalue weighted by molar-refractivity contribution is 5.95. The van der Waals surface area contributed by atoms with Gasteiger partial charge in [-0.2, -0.15) is 10.5 Å². The Labute approximate surface area is 146 Å². The van der Waals surface area contributed by atoms with Crippen LogP contribution in [-0.4, -0.2) is 26.0 Å². The summed E-state index contributed by atoms with van der Waals surface area (Å²) in [6, 6.07) is 13.3. The number of hydrogen-bond acceptors (Lipinski definition) is 7. The third kappa shape index (κ3) is 1.82. The quantitative estimate of drug-likeness (QED) is 0.809. The zero-order valence-corrected chi connectivity index (χ0v) is 14.3. The van der Waals surface area contributed by atoms with E-state index < -0.39 is 22.8 Å². The van der Waals surface area contributed by atoms with Crippen molar-refractivity contribution in [3.63, 3.8) is 0 Å². The van der Waals surface area contributed by atoms with Crippen molar-refractivity contribution in [1.29, 1.82) is 10.5 Å². The van der Waals surface area contributed by atoms with Crippen LogP contribution in [0, 0.1) is 33.5 Å². The fourth-order valence-electron chi connectivity index (χ4n) is 3.95. The number of hydrogen-bond donors (Lipinski definition) is 2. The van der Waals surface area contributed by atoms with E-state index in [2.05, 4.69) is 22.4 Å². The monoisotopic (exact) mass is 337 g/mol. The van der Waals surface area contributed by atoms with E-state index in [-0.39, 0.29) is 5.84 Å². The van der Waals surface area contributed by atoms with Gasteiger partial charge in [0.05, 0.1) is 18.2 Å². The van der Waals surface area contributed by atoms with Crippen molar-refractivity contribution in [2.75, 3.05) is 14.2 Å². The van der Waals surface area contributed by atoms with Crippen molar-refractivity contribution in [2.24, 2.45) is 21.6 Å². The van der Waals surface area contributed by atoms with E-state index >= 15 is 0 Å². The molecule has 2 heterocycles. The third-order valence-electron chi connectivity index (χ3n) is 5.07. The van der Waals surface area contributed by atoms with Crippen molar-refractivity contribution in [3.8, 4) is 12.1 Å². The molecule has 2 aliphatic heterocycles. The molecule has 2 aliphatic rings. The van der Waals surface area contributed by atoms with Crippen molar-refractivity contribution >= 4 is 5.84 Å². The molecular formula is C18H19N5O2. The third-order valence-corrected chi connectivity index (χ3v) is 5.07. The Kier molecular flexibility index (Phi) is 3.80. The Morgan fingerprint density at radius 1 is 1.16 bits per heavy atom. The summed E-state index contributed by atoms with van der Waals surface area (Å²) in [7, 11) is 2.77. The van der Waals surface area contributed by atoms with Crippen LogP contribution in [0.4, 0.5) is 0 Å². The number of amidine groups is 1. The fourth-order valence-corrected chi connectivity index (χ4v) is 3.95. The van der Waals surface area contributed by atoms with Crippen LogP contribution >= 0.6 is 0 Å². The summed E-state index contributed by atoms with van der Waals surface area (Å²) in [6.07, 6.45) is 1.63. The smallest absolute Gasteiger partial charge is 0.296 e. The predicted octanol–water partition coefficient (Wildman–Crippen LogP) is 1.57. The van der Waals surface area contributed by atoms with Gasteiger partial charge in [0.2, 0.25) is 0 Å². The van der Waals surface area contributed by atoms with Crippen LogP contribution in [0.1, 0.15) is 18.5 Å². The standard InChI is InChI=1S/C18H19N5O2/c1-12-9-16(10-19)17(11-20,15(21)23-18(16,24-2)25-3)14(22-12)13-7-5-4-6-8-13/h4-9,14,22H,1-3H3,(H2,21,23)/t14-,16+,17-/m1/s1. The maximum Gasteiger partial charge on any atom is 0.296 e. The lowest BCUT2D eigenvalue weighted by atomic mass is 9.57. The summed E-state index contributed by atoms with van der Waals surface area (Å²) in [6.45, 7) is 1.82. The van der Waals surface area contributed by atoms with Gasteiger partial charge in [-0.15, -0.1) is 0 Å². The van der Waals surface area contributed by atoms with Crippen LogP contribution in [0.3, 0.4) is 0 Å². The van der Waals surface area contributed by atoms with Crippen LogP contribution in [0.5, 0.6) is 0 Å². The van der Waals surface area contributed by atoms with Gasteiger partial charge >= 0.3 is 0 Å². The Morgan fingerprint density at radius 2 is 1.80 bits per heavy atom. The lowest BCUT2D eigenvalue weighted by Crippen LogP contribution is -2.61. The number of nitrogens with zero attached hydrogens (tertiary/aromatic N) is 3. The summed E-state index contributed by atoms with van der Waals surface area (Å²) in [5.74, 6) is -1.69. The molecule has 3 N–H and O–H groups in total. The first-order chi connectivity index (χ1) is 12.0. The van der Waals surface area contributed by atoms with Crippen LogP contribution < -0.4 is 11.1 Å². The van der Waals surface area contributed by atoms with E-state index in [0.717, 1.165) is 5.56 Å². The molecule has 0 radical (unpaired) electrons. The molecule has 1 aromatic carbocycles. The lowest BCUT2D eigenvalue weighted by molar-refractivity contribution is -0.250. The first kappa shape index (κ1) is 17.0. The van der Waals surface area contributed by atoms with E-state index in [1.807, 2.05) is 37.3 Å². The highest BCUT2D eigenvalue weighted by Crippen LogP contribution is 2.62. The molecular weight excluding hydrogens is 318 g/mol. The highest BCUT2D eigenvalue weighted by atomic mass is 16.7. The molecule has 0 fully saturated rings. The molecule has 3 rings (SSSR count). The molecule has 0 saturated heterocycles. The largest absolute Gasteiger partial charge is 0.386 e. The molecule has 0 unspecified atom stereocenters. The maximum absolute atomic E-state index is 10.2. The van der Waals surface area contributed by atoms with Crippen LogP contribution in [0.25, 0.3) is 0 Å². The zero-order chi connectivity index (χ0) is 18.3. The van der Waals surface area contributed by atoms with Gasteiger partial charge in [0.15, 0.2) is 10.8 Å². The summed E-state index contributed by atoms with van der Waals surface area (Å²) >= 11 is 0. The maximum atomic E-state index is 10.2. The number of fused-ring (bicyclic) bond motifs is 1. The molecule has 0 amide bonds. The molecule has 7 heteroatoms. The second-order valence-corrected chi connectivity index (χ2v) is 6.14. The molecule has 0 aliphatic carbocycles. The molecule has 3 atom stereocenters. The molecule has 0 saturated carbocycles. The van der Waals surface area contributed by atoms with Gasteiger partial charge in [-0.05, 0) is 18.6 Å². The van der Waals surface area contributed by atoms with Gasteiger partial charge in [-0.3, -0.25) is 0 Å². The predicted molar refractivity (Wildman–Crippen MR) is 90.5 cm³/mol. The molecule has 0 bridgehead atoms. The van der Waals surface area contributed by atoms with Gasteiger partial charge in [-0.25, -0.2) is 4.99 Å². The van der Waals surface area contributed by atoms with Gasteiger partial charge < -0.3 is 20.5 Å². The van der Waals surface area contributed by atoms with Crippen molar-refractivity contribution in [2.45, 2.75) is 18.9 Å². The number of nitrogens with one attached hydrogen (secondary N) is 1. The van der Waals surface area contributed by atoms with Crippen LogP contribution in [0.2, 0.25) is 0 Å². The fraction of sp³-hybridized carbons (Fsp3) is 0.389. The minimum atomic E-state index is -1.70. The Morgan fingerprint density at radius 3 is 2.32 bits per heavy atom. The van der Waals surface area contributed by atoms with E-state index in [1.54, 1.807) is 6.08 Å². The van der Waals surface area contributed by atoms with E-state index in [4.69, 9.17) is 15.2 Å². The second-order valence-electron chi connectivity index (χ2n) is 6.14. The minimum Gasteiger partial charge on any atom is -0.386 e. The molecule has 128 valence electrons. The van der Waals surface area contributed by atoms with Crippen LogP contribution in [-0.2, 0) is 9.47 Å². The van der Waals surface area contributed by atoms with E-state index in [9.17, 15) is 10.5 Å². The SMILES string of the molecule is COC1(OC)N=C(N)[C@@]2(C#N)[C@@H](c3ccccc3)NC(C)=C[C@@]12C#N. The van der Waals surface area contributed by atoms with E-state index in [0.29, 0.717) is 5.70 Å². The number of allylic oxidation sites excluding steroid dienone is 1. The van der Waals surface area contributed by atoms with E-state index in [1.165, 1.54) is 14.2 Å². The highest BCUT2D eigenvalue weighted by Gasteiger charge is 2.76. The Hall–Kier alpha value is -2.87. The zero-order valence-electron chi connectivity index (χ0n) is 14.3. The van der Waals surface area contributed by atoms with Crippen molar-refractivity contribution < 1.29 is 9.47 Å². The number of rotatable bonds is 3. The summed E-state index contributed by atoms with van der Waals surface area (Å²) in [5, 5.41) is 23.7. The number of nitrogens with two attached hydrogens (primary N) is 1. The Balaban J connectivity index is 2.38.